The third-order valence-corrected chi connectivity index (χ3v) is 4.62. The summed E-state index contributed by atoms with van der Waals surface area (Å²) in [5.74, 6) is 2.45. The summed E-state index contributed by atoms with van der Waals surface area (Å²) >= 11 is 12.2. The van der Waals surface area contributed by atoms with Gasteiger partial charge in [-0.25, -0.2) is 4.98 Å². The van der Waals surface area contributed by atoms with Gasteiger partial charge in [0.2, 0.25) is 0 Å². The average Bonchev–Trinajstić information content (AvgIpc) is 2.19. The molecule has 1 atom stereocenters. The molecule has 0 fully saturated rings. The van der Waals surface area contributed by atoms with E-state index in [2.05, 4.69) is 38.4 Å². The topological polar surface area (TPSA) is 12.9 Å². The molecule has 1 heterocycles. The number of nitrogens with zero attached hydrogens (tertiary/aromatic N) is 1. The van der Waals surface area contributed by atoms with E-state index in [0.29, 0.717) is 5.92 Å². The molecule has 4 heteroatoms. The van der Waals surface area contributed by atoms with E-state index < -0.39 is 0 Å². The first-order chi connectivity index (χ1) is 7.45. The molecule has 1 rings (SSSR count). The summed E-state index contributed by atoms with van der Waals surface area (Å²) < 4.78 is 0. The number of rotatable bonds is 4. The summed E-state index contributed by atoms with van der Waals surface area (Å²) in [4.78, 5) is 4.27. The number of hydrogen-bond acceptors (Lipinski definition) is 3. The lowest BCUT2D eigenvalue weighted by atomic mass is 9.83. The van der Waals surface area contributed by atoms with E-state index in [-0.39, 0.29) is 5.41 Å². The van der Waals surface area contributed by atoms with Crippen molar-refractivity contribution in [2.24, 2.45) is 11.3 Å². The lowest BCUT2D eigenvalue weighted by Crippen LogP contribution is -2.24. The van der Waals surface area contributed by atoms with E-state index in [0.717, 1.165) is 21.6 Å². The molecule has 0 aliphatic carbocycles. The van der Waals surface area contributed by atoms with Gasteiger partial charge in [0, 0.05) is 11.9 Å². The Morgan fingerprint density at radius 3 is 2.69 bits per heavy atom. The Bertz CT molecular complexity index is 336. The van der Waals surface area contributed by atoms with E-state index in [1.54, 1.807) is 18.0 Å². The fourth-order valence-electron chi connectivity index (χ4n) is 1.23. The van der Waals surface area contributed by atoms with Crippen molar-refractivity contribution in [3.05, 3.63) is 23.4 Å². The molecule has 0 saturated heterocycles. The maximum absolute atomic E-state index is 6.06. The van der Waals surface area contributed by atoms with Crippen molar-refractivity contribution in [1.29, 1.82) is 0 Å². The molecule has 0 N–H and O–H groups in total. The highest BCUT2D eigenvalue weighted by molar-refractivity contribution is 7.99. The SMILES string of the molecule is CC(C)(C)C(CS)CSc1ncccc1Cl. The van der Waals surface area contributed by atoms with Gasteiger partial charge in [-0.3, -0.25) is 0 Å². The zero-order valence-electron chi connectivity index (χ0n) is 9.90. The number of halogens is 1. The molecule has 0 radical (unpaired) electrons. The second kappa shape index (κ2) is 6.18. The summed E-state index contributed by atoms with van der Waals surface area (Å²) in [5.41, 5.74) is 0.274. The van der Waals surface area contributed by atoms with E-state index >= 15 is 0 Å². The lowest BCUT2D eigenvalue weighted by molar-refractivity contribution is 0.294. The minimum absolute atomic E-state index is 0.274. The Kier molecular flexibility index (Phi) is 5.48. The van der Waals surface area contributed by atoms with Crippen LogP contribution >= 0.6 is 36.0 Å². The highest BCUT2D eigenvalue weighted by Gasteiger charge is 2.23. The normalized spacial score (nSPS) is 13.8. The van der Waals surface area contributed by atoms with Crippen LogP contribution < -0.4 is 0 Å². The summed E-state index contributed by atoms with van der Waals surface area (Å²) in [5, 5.41) is 1.65. The van der Waals surface area contributed by atoms with E-state index in [1.165, 1.54) is 0 Å². The van der Waals surface area contributed by atoms with Gasteiger partial charge < -0.3 is 0 Å². The maximum Gasteiger partial charge on any atom is 0.115 e. The van der Waals surface area contributed by atoms with Crippen molar-refractivity contribution in [2.45, 2.75) is 25.8 Å². The quantitative estimate of drug-likeness (QED) is 0.645. The number of aromatic nitrogens is 1. The Labute approximate surface area is 113 Å². The first-order valence-corrected chi connectivity index (χ1v) is 7.29. The molecule has 1 aromatic heterocycles. The smallest absolute Gasteiger partial charge is 0.115 e. The largest absolute Gasteiger partial charge is 0.248 e. The van der Waals surface area contributed by atoms with Crippen LogP contribution in [-0.4, -0.2) is 16.5 Å². The zero-order chi connectivity index (χ0) is 12.2. The highest BCUT2D eigenvalue weighted by Crippen LogP contribution is 2.33. The highest BCUT2D eigenvalue weighted by atomic mass is 35.5. The first-order valence-electron chi connectivity index (χ1n) is 5.29. The monoisotopic (exact) mass is 275 g/mol. The van der Waals surface area contributed by atoms with Gasteiger partial charge in [0.25, 0.3) is 0 Å². The number of pyridine rings is 1. The van der Waals surface area contributed by atoms with Crippen molar-refractivity contribution < 1.29 is 0 Å². The minimum atomic E-state index is 0.274. The number of thioether (sulfide) groups is 1. The molecular formula is C12H18ClNS2. The fourth-order valence-corrected chi connectivity index (χ4v) is 3.69. The van der Waals surface area contributed by atoms with Crippen LogP contribution in [0.5, 0.6) is 0 Å². The van der Waals surface area contributed by atoms with Crippen molar-refractivity contribution in [3.8, 4) is 0 Å². The van der Waals surface area contributed by atoms with Crippen LogP contribution in [0, 0.1) is 11.3 Å². The molecule has 1 aromatic rings. The zero-order valence-corrected chi connectivity index (χ0v) is 12.4. The van der Waals surface area contributed by atoms with Crippen LogP contribution in [0.15, 0.2) is 23.4 Å². The van der Waals surface area contributed by atoms with Gasteiger partial charge in [-0.05, 0) is 29.2 Å². The second-order valence-corrected chi connectivity index (χ2v) is 6.63. The molecular weight excluding hydrogens is 258 g/mol. The molecule has 0 saturated carbocycles. The molecule has 90 valence electrons. The van der Waals surface area contributed by atoms with Crippen molar-refractivity contribution in [3.63, 3.8) is 0 Å². The molecule has 16 heavy (non-hydrogen) atoms. The fraction of sp³-hybridized carbons (Fsp3) is 0.583. The van der Waals surface area contributed by atoms with Gasteiger partial charge >= 0.3 is 0 Å². The van der Waals surface area contributed by atoms with Crippen LogP contribution in [0.25, 0.3) is 0 Å². The predicted molar refractivity (Wildman–Crippen MR) is 76.8 cm³/mol. The Morgan fingerprint density at radius 1 is 1.50 bits per heavy atom. The van der Waals surface area contributed by atoms with Gasteiger partial charge in [0.1, 0.15) is 5.03 Å². The van der Waals surface area contributed by atoms with Crippen molar-refractivity contribution in [1.82, 2.24) is 4.98 Å². The van der Waals surface area contributed by atoms with Crippen LogP contribution in [0.4, 0.5) is 0 Å². The van der Waals surface area contributed by atoms with E-state index in [1.807, 2.05) is 12.1 Å². The van der Waals surface area contributed by atoms with E-state index in [4.69, 9.17) is 11.6 Å². The predicted octanol–water partition coefficient (Wildman–Crippen LogP) is 4.42. The Balaban J connectivity index is 2.60. The summed E-state index contributed by atoms with van der Waals surface area (Å²) in [6.07, 6.45) is 1.78. The third-order valence-electron chi connectivity index (χ3n) is 2.59. The molecule has 0 bridgehead atoms. The molecule has 0 aliphatic heterocycles. The number of thiol groups is 1. The standard InChI is InChI=1S/C12H18ClNS2/c1-12(2,3)9(7-15)8-16-11-10(13)5-4-6-14-11/h4-6,9,15H,7-8H2,1-3H3. The molecule has 0 spiro atoms. The second-order valence-electron chi connectivity index (χ2n) is 4.85. The lowest BCUT2D eigenvalue weighted by Gasteiger charge is -2.28. The van der Waals surface area contributed by atoms with Crippen LogP contribution in [0.1, 0.15) is 20.8 Å². The Morgan fingerprint density at radius 2 is 2.19 bits per heavy atom. The third kappa shape index (κ3) is 4.19. The molecule has 1 unspecified atom stereocenters. The van der Waals surface area contributed by atoms with Gasteiger partial charge in [-0.1, -0.05) is 32.4 Å². The van der Waals surface area contributed by atoms with Crippen molar-refractivity contribution in [2.75, 3.05) is 11.5 Å². The van der Waals surface area contributed by atoms with Crippen molar-refractivity contribution >= 4 is 36.0 Å². The van der Waals surface area contributed by atoms with Crippen LogP contribution in [0.2, 0.25) is 5.02 Å². The molecule has 1 nitrogen and oxygen atoms in total. The van der Waals surface area contributed by atoms with Crippen LogP contribution in [0.3, 0.4) is 0 Å². The first kappa shape index (κ1) is 14.2. The maximum atomic E-state index is 6.06. The minimum Gasteiger partial charge on any atom is -0.248 e. The van der Waals surface area contributed by atoms with Crippen LogP contribution in [-0.2, 0) is 0 Å². The van der Waals surface area contributed by atoms with E-state index in [9.17, 15) is 0 Å². The molecule has 0 aliphatic rings. The van der Waals surface area contributed by atoms with Gasteiger partial charge in [0.05, 0.1) is 5.02 Å². The number of hydrogen-bond donors (Lipinski definition) is 1. The Hall–Kier alpha value is 0.140. The van der Waals surface area contributed by atoms with Gasteiger partial charge in [-0.15, -0.1) is 11.8 Å². The summed E-state index contributed by atoms with van der Waals surface area (Å²) in [6, 6.07) is 3.73. The van der Waals surface area contributed by atoms with Gasteiger partial charge in [-0.2, -0.15) is 12.6 Å². The van der Waals surface area contributed by atoms with Gasteiger partial charge in [0.15, 0.2) is 0 Å². The molecule has 0 amide bonds. The average molecular weight is 276 g/mol. The summed E-state index contributed by atoms with van der Waals surface area (Å²) in [6.45, 7) is 6.73. The molecule has 0 aromatic carbocycles. The summed E-state index contributed by atoms with van der Waals surface area (Å²) in [7, 11) is 0.